The Morgan fingerprint density at radius 2 is 2.05 bits per heavy atom. The second kappa shape index (κ2) is 6.98. The van der Waals surface area contributed by atoms with Gasteiger partial charge in [0.15, 0.2) is 5.96 Å². The van der Waals surface area contributed by atoms with Crippen molar-refractivity contribution in [3.8, 4) is 0 Å². The molecule has 1 aliphatic rings. The van der Waals surface area contributed by atoms with Gasteiger partial charge in [0.1, 0.15) is 0 Å². The highest BCUT2D eigenvalue weighted by molar-refractivity contribution is 14.0. The Morgan fingerprint density at radius 1 is 1.43 bits per heavy atom. The number of guanidine groups is 1. The fraction of sp³-hybridized carbons (Fsp3) is 0.733. The average molecular weight is 405 g/mol. The molecule has 1 fully saturated rings. The molecule has 0 amide bonds. The molecule has 0 bridgehead atoms. The van der Waals surface area contributed by atoms with E-state index in [4.69, 9.17) is 4.99 Å². The summed E-state index contributed by atoms with van der Waals surface area (Å²) in [6.45, 7) is 12.3. The van der Waals surface area contributed by atoms with Crippen LogP contribution in [0.1, 0.15) is 44.1 Å². The molecule has 1 aromatic rings. The molecule has 1 aromatic heterocycles. The first kappa shape index (κ1) is 18.3. The Labute approximate surface area is 145 Å². The number of hydrogen-bond donors (Lipinski definition) is 2. The van der Waals surface area contributed by atoms with Crippen LogP contribution in [0, 0.1) is 19.3 Å². The minimum Gasteiger partial charge on any atom is -0.357 e. The summed E-state index contributed by atoms with van der Waals surface area (Å²) >= 11 is 0. The Morgan fingerprint density at radius 3 is 2.48 bits per heavy atom. The molecule has 0 aliphatic heterocycles. The molecule has 6 heteroatoms. The number of hydrogen-bond acceptors (Lipinski definition) is 2. The molecule has 5 nitrogen and oxygen atoms in total. The maximum absolute atomic E-state index is 4.71. The Kier molecular flexibility index (Phi) is 6.07. The number of aromatic nitrogens is 2. The summed E-state index contributed by atoms with van der Waals surface area (Å²) in [7, 11) is 1.98. The van der Waals surface area contributed by atoms with Gasteiger partial charge in [0, 0.05) is 30.9 Å². The van der Waals surface area contributed by atoms with Crippen molar-refractivity contribution < 1.29 is 0 Å². The average Bonchev–Trinajstić information content (AvgIpc) is 2.87. The molecule has 0 aromatic carbocycles. The van der Waals surface area contributed by atoms with Crippen molar-refractivity contribution in [1.82, 2.24) is 20.4 Å². The molecule has 2 N–H and O–H groups in total. The van der Waals surface area contributed by atoms with Crippen LogP contribution >= 0.6 is 24.0 Å². The third-order valence-corrected chi connectivity index (χ3v) is 4.22. The zero-order valence-corrected chi connectivity index (χ0v) is 16.3. The zero-order chi connectivity index (χ0) is 14.9. The van der Waals surface area contributed by atoms with Gasteiger partial charge in [-0.15, -0.1) is 24.0 Å². The van der Waals surface area contributed by atoms with Crippen LogP contribution in [0.25, 0.3) is 0 Å². The monoisotopic (exact) mass is 405 g/mol. The molecule has 1 aliphatic carbocycles. The minimum absolute atomic E-state index is 0. The number of rotatable bonds is 4. The molecule has 120 valence electrons. The second-order valence-electron chi connectivity index (χ2n) is 6.36. The van der Waals surface area contributed by atoms with Crippen molar-refractivity contribution in [2.24, 2.45) is 17.5 Å². The summed E-state index contributed by atoms with van der Waals surface area (Å²) in [6, 6.07) is 0.538. The summed E-state index contributed by atoms with van der Waals surface area (Å²) in [5, 5.41) is 11.3. The summed E-state index contributed by atoms with van der Waals surface area (Å²) in [4.78, 5) is 4.71. The first-order valence-electron chi connectivity index (χ1n) is 7.39. The third kappa shape index (κ3) is 4.34. The lowest BCUT2D eigenvalue weighted by atomic mass is 10.2. The van der Waals surface area contributed by atoms with Gasteiger partial charge in [-0.25, -0.2) is 4.99 Å². The standard InChI is InChI=1S/C15H27N5.HI/c1-7-16-14(18-13-8-15(13,4)5)17-9-12-10(2)19-20(6)11(12)3;/h13H,7-9H2,1-6H3,(H2,16,17,18);1H. The summed E-state index contributed by atoms with van der Waals surface area (Å²) in [5.74, 6) is 0.908. The molecule has 1 saturated carbocycles. The number of nitrogens with one attached hydrogen (secondary N) is 2. The van der Waals surface area contributed by atoms with Crippen LogP contribution in [0.2, 0.25) is 0 Å². The quantitative estimate of drug-likeness (QED) is 0.460. The van der Waals surface area contributed by atoms with E-state index in [0.29, 0.717) is 18.0 Å². The van der Waals surface area contributed by atoms with E-state index in [0.717, 1.165) is 18.2 Å². The van der Waals surface area contributed by atoms with E-state index in [-0.39, 0.29) is 24.0 Å². The van der Waals surface area contributed by atoms with Crippen molar-refractivity contribution in [3.05, 3.63) is 17.0 Å². The summed E-state index contributed by atoms with van der Waals surface area (Å²) in [5.41, 5.74) is 3.88. The Hall–Kier alpha value is -0.790. The van der Waals surface area contributed by atoms with Crippen molar-refractivity contribution in [2.45, 2.75) is 53.6 Å². The molecule has 1 atom stereocenters. The van der Waals surface area contributed by atoms with Gasteiger partial charge >= 0.3 is 0 Å². The highest BCUT2D eigenvalue weighted by atomic mass is 127. The molecular weight excluding hydrogens is 377 g/mol. The predicted molar refractivity (Wildman–Crippen MR) is 98.2 cm³/mol. The largest absolute Gasteiger partial charge is 0.357 e. The molecule has 1 unspecified atom stereocenters. The van der Waals surface area contributed by atoms with E-state index < -0.39 is 0 Å². The van der Waals surface area contributed by atoms with Gasteiger partial charge in [0.25, 0.3) is 0 Å². The van der Waals surface area contributed by atoms with Crippen LogP contribution < -0.4 is 10.6 Å². The summed E-state index contributed by atoms with van der Waals surface area (Å²) in [6.07, 6.45) is 1.21. The fourth-order valence-corrected chi connectivity index (χ4v) is 2.40. The maximum Gasteiger partial charge on any atom is 0.191 e. The highest BCUT2D eigenvalue weighted by Crippen LogP contribution is 2.44. The summed E-state index contributed by atoms with van der Waals surface area (Å²) < 4.78 is 1.92. The van der Waals surface area contributed by atoms with E-state index in [1.54, 1.807) is 0 Å². The topological polar surface area (TPSA) is 54.2 Å². The molecule has 1 heterocycles. The van der Waals surface area contributed by atoms with E-state index >= 15 is 0 Å². The smallest absolute Gasteiger partial charge is 0.191 e. The van der Waals surface area contributed by atoms with E-state index in [9.17, 15) is 0 Å². The van der Waals surface area contributed by atoms with Crippen molar-refractivity contribution in [1.29, 1.82) is 0 Å². The van der Waals surface area contributed by atoms with Crippen LogP contribution in [-0.2, 0) is 13.6 Å². The van der Waals surface area contributed by atoms with Crippen molar-refractivity contribution in [2.75, 3.05) is 6.54 Å². The number of halogens is 1. The van der Waals surface area contributed by atoms with Gasteiger partial charge in [-0.05, 0) is 32.6 Å². The lowest BCUT2D eigenvalue weighted by Gasteiger charge is -2.12. The number of nitrogens with zero attached hydrogens (tertiary/aromatic N) is 3. The van der Waals surface area contributed by atoms with Gasteiger partial charge in [-0.3, -0.25) is 4.68 Å². The maximum atomic E-state index is 4.71. The van der Waals surface area contributed by atoms with Crippen LogP contribution in [0.3, 0.4) is 0 Å². The molecule has 2 rings (SSSR count). The number of aryl methyl sites for hydroxylation is 2. The van der Waals surface area contributed by atoms with Crippen molar-refractivity contribution >= 4 is 29.9 Å². The minimum atomic E-state index is 0. The predicted octanol–water partition coefficient (Wildman–Crippen LogP) is 2.51. The molecule has 21 heavy (non-hydrogen) atoms. The number of aliphatic imine (C=N–C) groups is 1. The normalized spacial score (nSPS) is 19.9. The molecular formula is C15H28IN5. The van der Waals surface area contributed by atoms with Crippen LogP contribution in [0.15, 0.2) is 4.99 Å². The fourth-order valence-electron chi connectivity index (χ4n) is 2.40. The van der Waals surface area contributed by atoms with Crippen LogP contribution in [0.4, 0.5) is 0 Å². The van der Waals surface area contributed by atoms with E-state index in [2.05, 4.69) is 43.4 Å². The Bertz CT molecular complexity index is 518. The van der Waals surface area contributed by atoms with Gasteiger partial charge in [0.05, 0.1) is 12.2 Å². The second-order valence-corrected chi connectivity index (χ2v) is 6.36. The zero-order valence-electron chi connectivity index (χ0n) is 13.9. The van der Waals surface area contributed by atoms with Crippen LogP contribution in [0.5, 0.6) is 0 Å². The lowest BCUT2D eigenvalue weighted by Crippen LogP contribution is -2.39. The van der Waals surface area contributed by atoms with Gasteiger partial charge in [-0.1, -0.05) is 13.8 Å². The van der Waals surface area contributed by atoms with Crippen LogP contribution in [-0.4, -0.2) is 28.3 Å². The Balaban J connectivity index is 0.00000220. The lowest BCUT2D eigenvalue weighted by molar-refractivity contribution is 0.589. The SMILES string of the molecule is CCNC(=NCc1c(C)nn(C)c1C)NC1CC1(C)C.I. The third-order valence-electron chi connectivity index (χ3n) is 4.22. The first-order valence-corrected chi connectivity index (χ1v) is 7.39. The van der Waals surface area contributed by atoms with E-state index in [1.165, 1.54) is 17.7 Å². The van der Waals surface area contributed by atoms with E-state index in [1.807, 2.05) is 18.7 Å². The molecule has 0 saturated heterocycles. The molecule has 0 radical (unpaired) electrons. The van der Waals surface area contributed by atoms with Crippen molar-refractivity contribution in [3.63, 3.8) is 0 Å². The first-order chi connectivity index (χ1) is 9.35. The van der Waals surface area contributed by atoms with Gasteiger partial charge in [0.2, 0.25) is 0 Å². The van der Waals surface area contributed by atoms with Gasteiger partial charge < -0.3 is 10.6 Å². The molecule has 0 spiro atoms. The highest BCUT2D eigenvalue weighted by Gasteiger charge is 2.46. The van der Waals surface area contributed by atoms with Gasteiger partial charge in [-0.2, -0.15) is 5.10 Å².